The van der Waals surface area contributed by atoms with Crippen molar-refractivity contribution >= 4 is 23.9 Å². The van der Waals surface area contributed by atoms with Crippen molar-refractivity contribution in [3.63, 3.8) is 0 Å². The zero-order valence-corrected chi connectivity index (χ0v) is 20.5. The third-order valence-electron chi connectivity index (χ3n) is 7.36. The van der Waals surface area contributed by atoms with Crippen LogP contribution in [0.2, 0.25) is 5.02 Å². The number of amides is 2. The fourth-order valence-corrected chi connectivity index (χ4v) is 5.26. The third-order valence-corrected chi connectivity index (χ3v) is 7.71. The van der Waals surface area contributed by atoms with Crippen LogP contribution in [0.1, 0.15) is 44.7 Å². The molecule has 0 N–H and O–H groups in total. The summed E-state index contributed by atoms with van der Waals surface area (Å²) in [6.07, 6.45) is 4.27. The van der Waals surface area contributed by atoms with Crippen LogP contribution >= 0.6 is 11.6 Å². The van der Waals surface area contributed by atoms with Crippen molar-refractivity contribution in [2.45, 2.75) is 45.1 Å². The van der Waals surface area contributed by atoms with Gasteiger partial charge in [-0.3, -0.25) is 14.5 Å². The first-order valence-corrected chi connectivity index (χ1v) is 11.7. The second-order valence-electron chi connectivity index (χ2n) is 10.3. The first-order chi connectivity index (χ1) is 15.4. The number of nitrogens with zero attached hydrogens (tertiary/aromatic N) is 3. The summed E-state index contributed by atoms with van der Waals surface area (Å²) in [6.45, 7) is 9.07. The number of alkyl halides is 2. The molecule has 182 valence electrons. The van der Waals surface area contributed by atoms with Gasteiger partial charge in [0.25, 0.3) is 5.92 Å². The highest BCUT2D eigenvalue weighted by atomic mass is 35.5. The van der Waals surface area contributed by atoms with E-state index < -0.39 is 17.9 Å². The van der Waals surface area contributed by atoms with E-state index in [9.17, 15) is 18.4 Å². The predicted octanol–water partition coefficient (Wildman–Crippen LogP) is 4.63. The Balaban J connectivity index is 0.000000186. The number of hydrogen-bond donors (Lipinski definition) is 0. The number of carbonyl (C=O) groups is 2. The Labute approximate surface area is 200 Å². The van der Waals surface area contributed by atoms with E-state index in [0.29, 0.717) is 24.4 Å². The molecule has 4 rings (SSSR count). The molecule has 3 aliphatic rings. The number of hydrogen-bond acceptors (Lipinski definition) is 3. The lowest BCUT2D eigenvalue weighted by Crippen LogP contribution is -2.70. The summed E-state index contributed by atoms with van der Waals surface area (Å²) in [5, 5.41) is 0.900. The molecule has 1 spiro atoms. The van der Waals surface area contributed by atoms with Crippen LogP contribution in [0, 0.1) is 10.8 Å². The first kappa shape index (κ1) is 25.6. The molecule has 8 heteroatoms. The van der Waals surface area contributed by atoms with E-state index in [4.69, 9.17) is 11.6 Å². The Morgan fingerprint density at radius 2 is 1.82 bits per heavy atom. The van der Waals surface area contributed by atoms with Gasteiger partial charge < -0.3 is 9.80 Å². The van der Waals surface area contributed by atoms with Crippen LogP contribution in [-0.2, 0) is 9.59 Å². The summed E-state index contributed by atoms with van der Waals surface area (Å²) in [4.78, 5) is 26.6. The molecule has 0 saturated carbocycles. The van der Waals surface area contributed by atoms with Gasteiger partial charge in [0, 0.05) is 30.7 Å². The molecule has 3 heterocycles. The van der Waals surface area contributed by atoms with Crippen LogP contribution in [0.5, 0.6) is 0 Å². The lowest BCUT2D eigenvalue weighted by Gasteiger charge is -2.56. The Morgan fingerprint density at radius 1 is 1.15 bits per heavy atom. The van der Waals surface area contributed by atoms with Gasteiger partial charge in [0.15, 0.2) is 0 Å². The summed E-state index contributed by atoms with van der Waals surface area (Å²) < 4.78 is 27.8. The minimum Gasteiger partial charge on any atom is -0.339 e. The molecule has 5 nitrogen and oxygen atoms in total. The number of rotatable bonds is 3. The third kappa shape index (κ3) is 5.40. The van der Waals surface area contributed by atoms with E-state index in [1.54, 1.807) is 0 Å². The molecule has 1 aromatic rings. The maximum Gasteiger partial charge on any atom is 0.274 e. The highest BCUT2D eigenvalue weighted by Crippen LogP contribution is 2.50. The van der Waals surface area contributed by atoms with Gasteiger partial charge in [-0.1, -0.05) is 50.2 Å². The van der Waals surface area contributed by atoms with Crippen molar-refractivity contribution in [1.82, 2.24) is 14.7 Å². The molecule has 3 fully saturated rings. The minimum atomic E-state index is -2.93. The SMILES string of the molecule is C=CC(=O)N1CC2(CCN(C=O)CC2(F)F)C1.CN1CCC(C)(C)CC1c1ccccc1Cl. The standard InChI is InChI=1S/C14H20ClN.C11H14F2N2O2/c1-14(2)8-9-16(3)13(10-14)11-6-4-5-7-12(11)15;1-2-9(17)15-5-10(6-15)3-4-14(8-16)7-11(10,12)13/h4-7,13H,8-10H2,1-3H3;2,8H,1,3-7H2. The molecule has 1 aromatic carbocycles. The van der Waals surface area contributed by atoms with Crippen molar-refractivity contribution in [3.8, 4) is 0 Å². The van der Waals surface area contributed by atoms with Gasteiger partial charge >= 0.3 is 0 Å². The summed E-state index contributed by atoms with van der Waals surface area (Å²) in [5.74, 6) is -3.24. The molecule has 0 radical (unpaired) electrons. The van der Waals surface area contributed by atoms with Crippen LogP contribution in [0.3, 0.4) is 0 Å². The molecule has 1 atom stereocenters. The lowest BCUT2D eigenvalue weighted by atomic mass is 9.69. The van der Waals surface area contributed by atoms with Crippen LogP contribution in [0.25, 0.3) is 0 Å². The quantitative estimate of drug-likeness (QED) is 0.467. The predicted molar refractivity (Wildman–Crippen MR) is 126 cm³/mol. The fourth-order valence-electron chi connectivity index (χ4n) is 5.00. The molecular formula is C25H34ClF2N3O2. The summed E-state index contributed by atoms with van der Waals surface area (Å²) in [6, 6.07) is 8.70. The normalized spacial score (nSPS) is 25.5. The van der Waals surface area contributed by atoms with Crippen LogP contribution in [-0.4, -0.2) is 72.7 Å². The van der Waals surface area contributed by atoms with Crippen molar-refractivity contribution in [2.75, 3.05) is 39.8 Å². The van der Waals surface area contributed by atoms with E-state index in [1.165, 1.54) is 23.3 Å². The zero-order valence-electron chi connectivity index (χ0n) is 19.7. The molecule has 1 unspecified atom stereocenters. The average Bonchev–Trinajstić information content (AvgIpc) is 2.74. The number of likely N-dealkylation sites (tertiary alicyclic amines) is 3. The number of carbonyl (C=O) groups excluding carboxylic acids is 2. The van der Waals surface area contributed by atoms with Crippen LogP contribution < -0.4 is 0 Å². The average molecular weight is 482 g/mol. The first-order valence-electron chi connectivity index (χ1n) is 11.4. The number of piperidine rings is 2. The van der Waals surface area contributed by atoms with Crippen molar-refractivity contribution < 1.29 is 18.4 Å². The molecule has 0 bridgehead atoms. The van der Waals surface area contributed by atoms with Gasteiger partial charge in [-0.15, -0.1) is 0 Å². The highest BCUT2D eigenvalue weighted by Gasteiger charge is 2.63. The minimum absolute atomic E-state index is 0.0531. The summed E-state index contributed by atoms with van der Waals surface area (Å²) in [7, 11) is 2.20. The van der Waals surface area contributed by atoms with Gasteiger partial charge in [-0.2, -0.15) is 0 Å². The Bertz CT molecular complexity index is 886. The topological polar surface area (TPSA) is 43.9 Å². The summed E-state index contributed by atoms with van der Waals surface area (Å²) >= 11 is 6.29. The monoisotopic (exact) mass is 481 g/mol. The van der Waals surface area contributed by atoms with E-state index in [1.807, 2.05) is 12.1 Å². The summed E-state index contributed by atoms with van der Waals surface area (Å²) in [5.41, 5.74) is 0.557. The Hall–Kier alpha value is -1.99. The second kappa shape index (κ2) is 9.71. The van der Waals surface area contributed by atoms with E-state index in [-0.39, 0.29) is 25.4 Å². The molecular weight excluding hydrogens is 448 g/mol. The Kier molecular flexibility index (Phi) is 7.54. The van der Waals surface area contributed by atoms with Gasteiger partial charge in [0.05, 0.1) is 12.0 Å². The van der Waals surface area contributed by atoms with E-state index >= 15 is 0 Å². The van der Waals surface area contributed by atoms with Gasteiger partial charge in [-0.05, 0) is 56.0 Å². The number of benzene rings is 1. The van der Waals surface area contributed by atoms with Gasteiger partial charge in [0.2, 0.25) is 12.3 Å². The maximum absolute atomic E-state index is 13.9. The largest absolute Gasteiger partial charge is 0.339 e. The number of halogens is 3. The van der Waals surface area contributed by atoms with Gasteiger partial charge in [-0.25, -0.2) is 8.78 Å². The Morgan fingerprint density at radius 3 is 2.39 bits per heavy atom. The molecule has 33 heavy (non-hydrogen) atoms. The van der Waals surface area contributed by atoms with Gasteiger partial charge in [0.1, 0.15) is 0 Å². The van der Waals surface area contributed by atoms with Crippen LogP contribution in [0.15, 0.2) is 36.9 Å². The lowest BCUT2D eigenvalue weighted by molar-refractivity contribution is -0.220. The van der Waals surface area contributed by atoms with Crippen molar-refractivity contribution in [2.24, 2.45) is 10.8 Å². The molecule has 3 aliphatic heterocycles. The van der Waals surface area contributed by atoms with Crippen molar-refractivity contribution in [1.29, 1.82) is 0 Å². The van der Waals surface area contributed by atoms with Crippen LogP contribution in [0.4, 0.5) is 8.78 Å². The van der Waals surface area contributed by atoms with Crippen molar-refractivity contribution in [3.05, 3.63) is 47.5 Å². The fraction of sp³-hybridized carbons (Fsp3) is 0.600. The molecule has 0 aliphatic carbocycles. The van der Waals surface area contributed by atoms with E-state index in [2.05, 4.69) is 44.5 Å². The smallest absolute Gasteiger partial charge is 0.274 e. The molecule has 2 amide bonds. The molecule has 3 saturated heterocycles. The highest BCUT2D eigenvalue weighted by molar-refractivity contribution is 6.31. The second-order valence-corrected chi connectivity index (χ2v) is 10.8. The zero-order chi connectivity index (χ0) is 24.4. The van der Waals surface area contributed by atoms with E-state index in [0.717, 1.165) is 22.5 Å². The molecule has 0 aromatic heterocycles. The maximum atomic E-state index is 13.9.